The molecule has 0 spiro atoms. The zero-order valence-corrected chi connectivity index (χ0v) is 15.0. The minimum Gasteiger partial charge on any atom is -0.466 e. The largest absolute Gasteiger partial charge is 0.466 e. The Morgan fingerprint density at radius 3 is 2.43 bits per heavy atom. The number of ether oxygens (including phenoxy) is 2. The summed E-state index contributed by atoms with van der Waals surface area (Å²) in [5, 5.41) is 0. The first-order valence-electron chi connectivity index (χ1n) is 6.76. The fraction of sp³-hybridized carbons (Fsp3) is 0.235. The van der Waals surface area contributed by atoms with Crippen LogP contribution in [0.15, 0.2) is 39.5 Å². The van der Waals surface area contributed by atoms with Crippen LogP contribution in [0.3, 0.4) is 0 Å². The summed E-state index contributed by atoms with van der Waals surface area (Å²) >= 11 is 1.93. The molecule has 0 saturated carbocycles. The third-order valence-electron chi connectivity index (χ3n) is 3.86. The van der Waals surface area contributed by atoms with Crippen molar-refractivity contribution in [2.24, 2.45) is 0 Å². The zero-order chi connectivity index (χ0) is 17.2. The molecule has 0 unspecified atom stereocenters. The lowest BCUT2D eigenvalue weighted by atomic mass is 9.68. The van der Waals surface area contributed by atoms with Crippen LogP contribution in [-0.2, 0) is 29.3 Å². The standard InChI is InChI=1S/C17H15IO5/c1-17(12(16(21)23-3)9-14(19)22-2)11-7-5-4-6-10(11)8-13(18)15(17)20/h4-9H,1-3H3/b12-9+/t17-/m0/s1. The molecule has 0 amide bonds. The fourth-order valence-corrected chi connectivity index (χ4v) is 3.48. The lowest BCUT2D eigenvalue weighted by Crippen LogP contribution is -2.41. The van der Waals surface area contributed by atoms with Gasteiger partial charge in [-0.2, -0.15) is 0 Å². The molecule has 0 heterocycles. The first-order valence-corrected chi connectivity index (χ1v) is 7.84. The molecule has 0 N–H and O–H groups in total. The maximum atomic E-state index is 12.9. The number of carbonyl (C=O) groups excluding carboxylic acids is 3. The monoisotopic (exact) mass is 426 g/mol. The summed E-state index contributed by atoms with van der Waals surface area (Å²) in [5.41, 5.74) is 0.0968. The molecule has 0 fully saturated rings. The molecule has 0 radical (unpaired) electrons. The second-order valence-corrected chi connectivity index (χ2v) is 6.27. The van der Waals surface area contributed by atoms with Gasteiger partial charge in [0.05, 0.1) is 28.8 Å². The summed E-state index contributed by atoms with van der Waals surface area (Å²) in [7, 11) is 2.41. The molecule has 5 nitrogen and oxygen atoms in total. The zero-order valence-electron chi connectivity index (χ0n) is 12.9. The van der Waals surface area contributed by atoms with E-state index < -0.39 is 17.4 Å². The number of fused-ring (bicyclic) bond motifs is 1. The Bertz CT molecular complexity index is 747. The molecule has 1 aliphatic rings. The highest BCUT2D eigenvalue weighted by molar-refractivity contribution is 14.1. The van der Waals surface area contributed by atoms with Crippen molar-refractivity contribution >= 4 is 46.4 Å². The lowest BCUT2D eigenvalue weighted by molar-refractivity contribution is -0.140. The number of rotatable bonds is 3. The molecule has 120 valence electrons. The van der Waals surface area contributed by atoms with Crippen molar-refractivity contribution in [2.75, 3.05) is 14.2 Å². The van der Waals surface area contributed by atoms with Gasteiger partial charge < -0.3 is 9.47 Å². The van der Waals surface area contributed by atoms with Crippen LogP contribution < -0.4 is 0 Å². The van der Waals surface area contributed by atoms with Crippen molar-refractivity contribution < 1.29 is 23.9 Å². The third-order valence-corrected chi connectivity index (χ3v) is 4.66. The molecule has 1 atom stereocenters. The van der Waals surface area contributed by atoms with Gasteiger partial charge >= 0.3 is 11.9 Å². The van der Waals surface area contributed by atoms with Gasteiger partial charge in [0.2, 0.25) is 0 Å². The van der Waals surface area contributed by atoms with Crippen molar-refractivity contribution in [1.29, 1.82) is 0 Å². The molecule has 1 aliphatic carbocycles. The van der Waals surface area contributed by atoms with E-state index in [1.807, 2.05) is 34.7 Å². The molecule has 2 rings (SSSR count). The molecule has 1 aromatic rings. The highest BCUT2D eigenvalue weighted by atomic mass is 127. The Morgan fingerprint density at radius 1 is 1.17 bits per heavy atom. The SMILES string of the molecule is COC(=O)/C=C(\C(=O)OC)[C@@]1(C)C(=O)C(I)=Cc2ccccc21. The predicted molar refractivity (Wildman–Crippen MR) is 92.9 cm³/mol. The summed E-state index contributed by atoms with van der Waals surface area (Å²) < 4.78 is 9.87. The van der Waals surface area contributed by atoms with Crippen molar-refractivity contribution in [3.63, 3.8) is 0 Å². The first kappa shape index (κ1) is 17.4. The van der Waals surface area contributed by atoms with Crippen molar-refractivity contribution in [3.05, 3.63) is 50.6 Å². The Labute approximate surface area is 147 Å². The number of hydrogen-bond acceptors (Lipinski definition) is 5. The molecule has 0 saturated heterocycles. The normalized spacial score (nSPS) is 20.4. The Kier molecular flexibility index (Phi) is 5.03. The van der Waals surface area contributed by atoms with E-state index >= 15 is 0 Å². The average molecular weight is 426 g/mol. The van der Waals surface area contributed by atoms with E-state index in [0.717, 1.165) is 11.6 Å². The number of allylic oxidation sites excluding steroid dienone is 1. The maximum absolute atomic E-state index is 12.9. The van der Waals surface area contributed by atoms with Crippen LogP contribution in [0.4, 0.5) is 0 Å². The van der Waals surface area contributed by atoms with Gasteiger partial charge in [-0.1, -0.05) is 24.3 Å². The van der Waals surface area contributed by atoms with E-state index in [0.29, 0.717) is 9.14 Å². The van der Waals surface area contributed by atoms with Gasteiger partial charge in [-0.15, -0.1) is 0 Å². The van der Waals surface area contributed by atoms with E-state index in [4.69, 9.17) is 4.74 Å². The molecule has 6 heteroatoms. The van der Waals surface area contributed by atoms with Crippen LogP contribution in [0.2, 0.25) is 0 Å². The topological polar surface area (TPSA) is 69.7 Å². The number of benzene rings is 1. The van der Waals surface area contributed by atoms with Crippen LogP contribution in [0, 0.1) is 0 Å². The van der Waals surface area contributed by atoms with Gasteiger partial charge in [0.1, 0.15) is 0 Å². The molecule has 23 heavy (non-hydrogen) atoms. The van der Waals surface area contributed by atoms with E-state index in [1.54, 1.807) is 25.1 Å². The molecule has 1 aromatic carbocycles. The van der Waals surface area contributed by atoms with Crippen LogP contribution in [-0.4, -0.2) is 31.9 Å². The average Bonchev–Trinajstić information content (AvgIpc) is 2.56. The molecule has 0 aliphatic heterocycles. The van der Waals surface area contributed by atoms with E-state index in [1.165, 1.54) is 14.2 Å². The third kappa shape index (κ3) is 2.95. The first-order chi connectivity index (χ1) is 10.9. The van der Waals surface area contributed by atoms with Gasteiger partial charge in [-0.25, -0.2) is 9.59 Å². The summed E-state index contributed by atoms with van der Waals surface area (Å²) in [6.07, 6.45) is 2.78. The molecule has 0 aromatic heterocycles. The Hall–Kier alpha value is -1.96. The number of carbonyl (C=O) groups is 3. The minimum atomic E-state index is -1.32. The smallest absolute Gasteiger partial charge is 0.335 e. The summed E-state index contributed by atoms with van der Waals surface area (Å²) in [6, 6.07) is 7.24. The Morgan fingerprint density at radius 2 is 1.83 bits per heavy atom. The maximum Gasteiger partial charge on any atom is 0.335 e. The highest BCUT2D eigenvalue weighted by Gasteiger charge is 2.47. The summed E-state index contributed by atoms with van der Waals surface area (Å²) in [5.74, 6) is -1.73. The van der Waals surface area contributed by atoms with Crippen LogP contribution in [0.1, 0.15) is 18.1 Å². The quantitative estimate of drug-likeness (QED) is 0.422. The van der Waals surface area contributed by atoms with Crippen LogP contribution in [0.5, 0.6) is 0 Å². The van der Waals surface area contributed by atoms with E-state index in [9.17, 15) is 14.4 Å². The van der Waals surface area contributed by atoms with Crippen molar-refractivity contribution in [2.45, 2.75) is 12.3 Å². The van der Waals surface area contributed by atoms with Crippen molar-refractivity contribution in [1.82, 2.24) is 0 Å². The van der Waals surface area contributed by atoms with Crippen LogP contribution >= 0.6 is 22.6 Å². The van der Waals surface area contributed by atoms with Gasteiger partial charge in [0, 0.05) is 6.08 Å². The van der Waals surface area contributed by atoms with Gasteiger partial charge in [-0.3, -0.25) is 4.79 Å². The summed E-state index contributed by atoms with van der Waals surface area (Å²) in [4.78, 5) is 36.8. The van der Waals surface area contributed by atoms with E-state index in [-0.39, 0.29) is 11.4 Å². The second kappa shape index (κ2) is 6.66. The van der Waals surface area contributed by atoms with Crippen LogP contribution in [0.25, 0.3) is 6.08 Å². The van der Waals surface area contributed by atoms with Gasteiger partial charge in [-0.05, 0) is 46.7 Å². The molecular weight excluding hydrogens is 411 g/mol. The number of halogens is 1. The highest BCUT2D eigenvalue weighted by Crippen LogP contribution is 2.43. The number of esters is 2. The van der Waals surface area contributed by atoms with Gasteiger partial charge in [0.15, 0.2) is 5.78 Å². The number of methoxy groups -OCH3 is 2. The second-order valence-electron chi connectivity index (χ2n) is 5.11. The molecule has 0 bridgehead atoms. The minimum absolute atomic E-state index is 0.0495. The Balaban J connectivity index is 2.76. The fourth-order valence-electron chi connectivity index (χ4n) is 2.60. The number of ketones is 1. The number of hydrogen-bond donors (Lipinski definition) is 0. The predicted octanol–water partition coefficient (Wildman–Crippen LogP) is 2.58. The molecular formula is C17H15IO5. The van der Waals surface area contributed by atoms with E-state index in [2.05, 4.69) is 4.74 Å². The lowest BCUT2D eigenvalue weighted by Gasteiger charge is -2.34. The number of Topliss-reactive ketones (excluding diaryl/α,β-unsaturated/α-hetero) is 1. The van der Waals surface area contributed by atoms with Gasteiger partial charge in [0.25, 0.3) is 0 Å². The summed E-state index contributed by atoms with van der Waals surface area (Å²) in [6.45, 7) is 1.62. The van der Waals surface area contributed by atoms with Crippen molar-refractivity contribution in [3.8, 4) is 0 Å².